The third kappa shape index (κ3) is 5.87. The van der Waals surface area contributed by atoms with Gasteiger partial charge in [0, 0.05) is 30.1 Å². The summed E-state index contributed by atoms with van der Waals surface area (Å²) in [6.07, 6.45) is 0.440. The molecule has 0 N–H and O–H groups in total. The van der Waals surface area contributed by atoms with Crippen LogP contribution in [0.2, 0.25) is 5.02 Å². The zero-order valence-corrected chi connectivity index (χ0v) is 12.2. The molecule has 0 spiro atoms. The highest BCUT2D eigenvalue weighted by Gasteiger charge is 2.13. The molecule has 1 aromatic carbocycles. The Morgan fingerprint density at radius 3 is 2.79 bits per heavy atom. The maximum atomic E-state index is 12.2. The third-order valence-electron chi connectivity index (χ3n) is 2.68. The molecule has 0 radical (unpaired) electrons. The SMILES string of the molecule is CC(C)CN(CCC#N)CC(=O)c1cccc(Cl)c1. The van der Waals surface area contributed by atoms with E-state index in [1.807, 2.05) is 4.90 Å². The maximum absolute atomic E-state index is 12.2. The van der Waals surface area contributed by atoms with E-state index in [1.54, 1.807) is 24.3 Å². The highest BCUT2D eigenvalue weighted by atomic mass is 35.5. The van der Waals surface area contributed by atoms with E-state index in [0.29, 0.717) is 36.0 Å². The molecule has 0 aromatic heterocycles. The van der Waals surface area contributed by atoms with Crippen LogP contribution in [-0.4, -0.2) is 30.3 Å². The Morgan fingerprint density at radius 2 is 2.21 bits per heavy atom. The van der Waals surface area contributed by atoms with E-state index in [1.165, 1.54) is 0 Å². The fraction of sp³-hybridized carbons (Fsp3) is 0.467. The van der Waals surface area contributed by atoms with Crippen molar-refractivity contribution in [3.63, 3.8) is 0 Å². The Labute approximate surface area is 119 Å². The maximum Gasteiger partial charge on any atom is 0.176 e. The number of ketones is 1. The van der Waals surface area contributed by atoms with E-state index < -0.39 is 0 Å². The van der Waals surface area contributed by atoms with Crippen molar-refractivity contribution < 1.29 is 4.79 Å². The molecule has 0 saturated heterocycles. The highest BCUT2D eigenvalue weighted by molar-refractivity contribution is 6.31. The van der Waals surface area contributed by atoms with Crippen molar-refractivity contribution >= 4 is 17.4 Å². The number of nitriles is 1. The molecule has 102 valence electrons. The molecular formula is C15H19ClN2O. The first-order chi connectivity index (χ1) is 9.02. The molecule has 1 aromatic rings. The minimum atomic E-state index is 0.0427. The molecule has 0 amide bonds. The first-order valence-corrected chi connectivity index (χ1v) is 6.78. The van der Waals surface area contributed by atoms with Gasteiger partial charge in [-0.3, -0.25) is 9.69 Å². The minimum Gasteiger partial charge on any atom is -0.295 e. The first-order valence-electron chi connectivity index (χ1n) is 6.41. The zero-order chi connectivity index (χ0) is 14.3. The van der Waals surface area contributed by atoms with Crippen LogP contribution in [0.5, 0.6) is 0 Å². The van der Waals surface area contributed by atoms with E-state index in [2.05, 4.69) is 19.9 Å². The summed E-state index contributed by atoms with van der Waals surface area (Å²) in [5, 5.41) is 9.23. The van der Waals surface area contributed by atoms with Crippen molar-refractivity contribution in [1.29, 1.82) is 5.26 Å². The Morgan fingerprint density at radius 1 is 1.47 bits per heavy atom. The summed E-state index contributed by atoms with van der Waals surface area (Å²) < 4.78 is 0. The van der Waals surface area contributed by atoms with E-state index in [4.69, 9.17) is 16.9 Å². The van der Waals surface area contributed by atoms with Crippen molar-refractivity contribution in [2.75, 3.05) is 19.6 Å². The van der Waals surface area contributed by atoms with Crippen LogP contribution in [-0.2, 0) is 0 Å². The number of benzene rings is 1. The van der Waals surface area contributed by atoms with Gasteiger partial charge in [0.05, 0.1) is 12.6 Å². The summed E-state index contributed by atoms with van der Waals surface area (Å²) >= 11 is 5.88. The monoisotopic (exact) mass is 278 g/mol. The minimum absolute atomic E-state index is 0.0427. The molecule has 0 aliphatic rings. The average molecular weight is 279 g/mol. The molecule has 0 unspecified atom stereocenters. The van der Waals surface area contributed by atoms with Crippen LogP contribution in [0, 0.1) is 17.2 Å². The molecule has 1 rings (SSSR count). The predicted octanol–water partition coefficient (Wildman–Crippen LogP) is 3.39. The first kappa shape index (κ1) is 15.7. The largest absolute Gasteiger partial charge is 0.295 e. The zero-order valence-electron chi connectivity index (χ0n) is 11.4. The molecule has 0 fully saturated rings. The number of rotatable bonds is 7. The van der Waals surface area contributed by atoms with Gasteiger partial charge in [-0.25, -0.2) is 0 Å². The van der Waals surface area contributed by atoms with Crippen LogP contribution >= 0.6 is 11.6 Å². The Hall–Kier alpha value is -1.37. The summed E-state index contributed by atoms with van der Waals surface area (Å²) in [6, 6.07) is 9.10. The summed E-state index contributed by atoms with van der Waals surface area (Å²) in [7, 11) is 0. The van der Waals surface area contributed by atoms with Crippen molar-refractivity contribution in [3.8, 4) is 6.07 Å². The smallest absolute Gasteiger partial charge is 0.176 e. The number of nitrogens with zero attached hydrogens (tertiary/aromatic N) is 2. The molecule has 19 heavy (non-hydrogen) atoms. The molecule has 0 aliphatic heterocycles. The number of halogens is 1. The summed E-state index contributed by atoms with van der Waals surface area (Å²) in [6.45, 7) is 5.97. The summed E-state index contributed by atoms with van der Waals surface area (Å²) in [5.74, 6) is 0.506. The lowest BCUT2D eigenvalue weighted by atomic mass is 10.1. The van der Waals surface area contributed by atoms with Crippen molar-refractivity contribution in [3.05, 3.63) is 34.9 Å². The van der Waals surface area contributed by atoms with Gasteiger partial charge in [-0.05, 0) is 18.1 Å². The van der Waals surface area contributed by atoms with E-state index in [9.17, 15) is 4.79 Å². The lowest BCUT2D eigenvalue weighted by Crippen LogP contribution is -2.33. The summed E-state index contributed by atoms with van der Waals surface area (Å²) in [5.41, 5.74) is 0.623. The van der Waals surface area contributed by atoms with Crippen LogP contribution < -0.4 is 0 Å². The topological polar surface area (TPSA) is 44.1 Å². The Balaban J connectivity index is 2.67. The fourth-order valence-corrected chi connectivity index (χ4v) is 2.11. The summed E-state index contributed by atoms with van der Waals surface area (Å²) in [4.78, 5) is 14.2. The number of hydrogen-bond donors (Lipinski definition) is 0. The highest BCUT2D eigenvalue weighted by Crippen LogP contribution is 2.12. The van der Waals surface area contributed by atoms with Gasteiger partial charge in [0.15, 0.2) is 5.78 Å². The van der Waals surface area contributed by atoms with E-state index in [0.717, 1.165) is 6.54 Å². The Kier molecular flexibility index (Phi) is 6.55. The molecule has 3 nitrogen and oxygen atoms in total. The number of carbonyl (C=O) groups excluding carboxylic acids is 1. The lowest BCUT2D eigenvalue weighted by molar-refractivity contribution is 0.0924. The second-order valence-corrected chi connectivity index (χ2v) is 5.41. The molecule has 0 bridgehead atoms. The number of Topliss-reactive ketones (excluding diaryl/α,β-unsaturated/α-hetero) is 1. The van der Waals surface area contributed by atoms with Crippen molar-refractivity contribution in [2.24, 2.45) is 5.92 Å². The van der Waals surface area contributed by atoms with Gasteiger partial charge in [-0.1, -0.05) is 37.6 Å². The van der Waals surface area contributed by atoms with Gasteiger partial charge in [0.25, 0.3) is 0 Å². The third-order valence-corrected chi connectivity index (χ3v) is 2.91. The van der Waals surface area contributed by atoms with Gasteiger partial charge < -0.3 is 0 Å². The fourth-order valence-electron chi connectivity index (χ4n) is 1.92. The molecular weight excluding hydrogens is 260 g/mol. The number of hydrogen-bond acceptors (Lipinski definition) is 3. The second kappa shape index (κ2) is 7.93. The molecule has 4 heteroatoms. The van der Waals surface area contributed by atoms with Crippen LogP contribution in [0.15, 0.2) is 24.3 Å². The Bertz CT molecular complexity index is 465. The number of carbonyl (C=O) groups is 1. The molecule has 0 atom stereocenters. The van der Waals surface area contributed by atoms with Crippen molar-refractivity contribution in [2.45, 2.75) is 20.3 Å². The molecule has 0 saturated carbocycles. The van der Waals surface area contributed by atoms with Gasteiger partial charge >= 0.3 is 0 Å². The van der Waals surface area contributed by atoms with Crippen LogP contribution in [0.3, 0.4) is 0 Å². The van der Waals surface area contributed by atoms with Crippen molar-refractivity contribution in [1.82, 2.24) is 4.90 Å². The quantitative estimate of drug-likeness (QED) is 0.718. The van der Waals surface area contributed by atoms with Crippen LogP contribution in [0.25, 0.3) is 0 Å². The average Bonchev–Trinajstić information content (AvgIpc) is 2.35. The van der Waals surface area contributed by atoms with E-state index in [-0.39, 0.29) is 5.78 Å². The molecule has 0 aliphatic carbocycles. The lowest BCUT2D eigenvalue weighted by Gasteiger charge is -2.22. The standard InChI is InChI=1S/C15H19ClN2O/c1-12(2)10-18(8-4-7-17)11-15(19)13-5-3-6-14(16)9-13/h3,5-6,9,12H,4,8,10-11H2,1-2H3. The van der Waals surface area contributed by atoms with Gasteiger partial charge in [0.2, 0.25) is 0 Å². The van der Waals surface area contributed by atoms with Crippen LogP contribution in [0.1, 0.15) is 30.6 Å². The molecule has 0 heterocycles. The van der Waals surface area contributed by atoms with Gasteiger partial charge in [-0.2, -0.15) is 5.26 Å². The predicted molar refractivity (Wildman–Crippen MR) is 77.3 cm³/mol. The van der Waals surface area contributed by atoms with Crippen LogP contribution in [0.4, 0.5) is 0 Å². The van der Waals surface area contributed by atoms with E-state index >= 15 is 0 Å². The second-order valence-electron chi connectivity index (χ2n) is 4.97. The van der Waals surface area contributed by atoms with Gasteiger partial charge in [0.1, 0.15) is 0 Å². The van der Waals surface area contributed by atoms with Gasteiger partial charge in [-0.15, -0.1) is 0 Å². The normalized spacial score (nSPS) is 10.7.